The molecule has 1 N–H and O–H groups in total. The highest BCUT2D eigenvalue weighted by atomic mass is 19.4. The van der Waals surface area contributed by atoms with Gasteiger partial charge in [0.05, 0.1) is 0 Å². The molecule has 0 radical (unpaired) electrons. The first-order valence-electron chi connectivity index (χ1n) is 9.39. The molecule has 2 aromatic carbocycles. The number of benzene rings is 2. The van der Waals surface area contributed by atoms with Gasteiger partial charge >= 0.3 is 6.36 Å². The van der Waals surface area contributed by atoms with Gasteiger partial charge in [0.15, 0.2) is 0 Å². The largest absolute Gasteiger partial charge is 0.573 e. The number of halogens is 4. The van der Waals surface area contributed by atoms with E-state index in [1.54, 1.807) is 17.0 Å². The summed E-state index contributed by atoms with van der Waals surface area (Å²) in [7, 11) is 0. The number of rotatable bonds is 8. The monoisotopic (exact) mass is 410 g/mol. The van der Waals surface area contributed by atoms with Crippen LogP contribution in [0, 0.1) is 5.82 Å². The van der Waals surface area contributed by atoms with E-state index in [0.717, 1.165) is 5.56 Å². The Morgan fingerprint density at radius 1 is 1.10 bits per heavy atom. The Hall–Kier alpha value is -2.61. The molecule has 2 aromatic rings. The SMILES string of the molecule is O=C1CC[C@H](CCNCc2cccc(F)c2)N1Cc1cccc(OC(F)(F)F)c1. The first kappa shape index (κ1) is 21.1. The third kappa shape index (κ3) is 6.45. The van der Waals surface area contributed by atoms with Crippen LogP contribution in [0.15, 0.2) is 48.5 Å². The molecule has 0 saturated carbocycles. The minimum atomic E-state index is -4.75. The van der Waals surface area contributed by atoms with E-state index in [1.807, 2.05) is 6.07 Å². The second-order valence-electron chi connectivity index (χ2n) is 7.00. The van der Waals surface area contributed by atoms with Crippen LogP contribution in [-0.2, 0) is 17.9 Å². The molecule has 0 spiro atoms. The summed E-state index contributed by atoms with van der Waals surface area (Å²) in [5.74, 6) is -0.592. The van der Waals surface area contributed by atoms with Gasteiger partial charge in [-0.05, 0) is 54.8 Å². The number of hydrogen-bond donors (Lipinski definition) is 1. The zero-order valence-corrected chi connectivity index (χ0v) is 15.7. The van der Waals surface area contributed by atoms with Gasteiger partial charge in [-0.25, -0.2) is 4.39 Å². The molecule has 156 valence electrons. The molecule has 3 rings (SSSR count). The highest BCUT2D eigenvalue weighted by Crippen LogP contribution is 2.27. The quantitative estimate of drug-likeness (QED) is 0.518. The van der Waals surface area contributed by atoms with Crippen LogP contribution < -0.4 is 10.1 Å². The summed E-state index contributed by atoms with van der Waals surface area (Å²) in [5.41, 5.74) is 1.42. The molecule has 1 aliphatic heterocycles. The molecule has 1 heterocycles. The molecule has 0 aliphatic carbocycles. The third-order valence-corrected chi connectivity index (χ3v) is 4.81. The van der Waals surface area contributed by atoms with Gasteiger partial charge in [-0.2, -0.15) is 0 Å². The van der Waals surface area contributed by atoms with E-state index >= 15 is 0 Å². The van der Waals surface area contributed by atoms with E-state index < -0.39 is 6.36 Å². The molecule has 1 aliphatic rings. The standard InChI is InChI=1S/C21H22F4N2O2/c22-17-5-1-3-15(11-17)13-26-10-9-18-7-8-20(28)27(18)14-16-4-2-6-19(12-16)29-21(23,24)25/h1-6,11-12,18,26H,7-10,13-14H2/t18-/m1/s1. The number of hydrogen-bond acceptors (Lipinski definition) is 3. The van der Waals surface area contributed by atoms with Crippen LogP contribution in [0.2, 0.25) is 0 Å². The van der Waals surface area contributed by atoms with Crippen molar-refractivity contribution in [2.45, 2.75) is 44.8 Å². The van der Waals surface area contributed by atoms with Gasteiger partial charge in [0.25, 0.3) is 0 Å². The number of nitrogens with one attached hydrogen (secondary N) is 1. The van der Waals surface area contributed by atoms with Crippen LogP contribution in [0.3, 0.4) is 0 Å². The Bertz CT molecular complexity index is 841. The summed E-state index contributed by atoms with van der Waals surface area (Å²) in [6.07, 6.45) is -2.91. The highest BCUT2D eigenvalue weighted by Gasteiger charge is 2.32. The molecule has 4 nitrogen and oxygen atoms in total. The third-order valence-electron chi connectivity index (χ3n) is 4.81. The molecule has 1 amide bonds. The van der Waals surface area contributed by atoms with Crippen molar-refractivity contribution < 1.29 is 27.1 Å². The maximum Gasteiger partial charge on any atom is 0.573 e. The van der Waals surface area contributed by atoms with Crippen molar-refractivity contribution >= 4 is 5.91 Å². The number of nitrogens with zero attached hydrogens (tertiary/aromatic N) is 1. The fourth-order valence-electron chi connectivity index (χ4n) is 3.50. The van der Waals surface area contributed by atoms with E-state index in [-0.39, 0.29) is 30.1 Å². The van der Waals surface area contributed by atoms with Crippen molar-refractivity contribution in [1.29, 1.82) is 0 Å². The molecule has 29 heavy (non-hydrogen) atoms. The Balaban J connectivity index is 1.53. The van der Waals surface area contributed by atoms with E-state index in [2.05, 4.69) is 10.1 Å². The van der Waals surface area contributed by atoms with Gasteiger partial charge in [0.1, 0.15) is 11.6 Å². The van der Waals surface area contributed by atoms with Crippen LogP contribution in [0.5, 0.6) is 5.75 Å². The topological polar surface area (TPSA) is 41.6 Å². The first-order valence-corrected chi connectivity index (χ1v) is 9.39. The van der Waals surface area contributed by atoms with Gasteiger partial charge < -0.3 is 15.0 Å². The Labute approximate surface area is 166 Å². The van der Waals surface area contributed by atoms with Crippen molar-refractivity contribution in [1.82, 2.24) is 10.2 Å². The summed E-state index contributed by atoms with van der Waals surface area (Å²) in [5, 5.41) is 3.24. The van der Waals surface area contributed by atoms with Gasteiger partial charge in [0, 0.05) is 25.6 Å². The lowest BCUT2D eigenvalue weighted by Gasteiger charge is -2.25. The lowest BCUT2D eigenvalue weighted by atomic mass is 10.1. The van der Waals surface area contributed by atoms with Crippen LogP contribution in [0.1, 0.15) is 30.4 Å². The lowest BCUT2D eigenvalue weighted by Crippen LogP contribution is -2.34. The van der Waals surface area contributed by atoms with E-state index in [0.29, 0.717) is 37.9 Å². The number of ether oxygens (including phenoxy) is 1. The Kier molecular flexibility index (Phi) is 6.74. The molecule has 0 aromatic heterocycles. The van der Waals surface area contributed by atoms with Gasteiger partial charge in [-0.15, -0.1) is 13.2 Å². The molecule has 1 fully saturated rings. The molecule has 1 atom stereocenters. The number of alkyl halides is 3. The fourth-order valence-corrected chi connectivity index (χ4v) is 3.50. The van der Waals surface area contributed by atoms with Crippen molar-refractivity contribution in [3.63, 3.8) is 0 Å². The highest BCUT2D eigenvalue weighted by molar-refractivity contribution is 5.78. The smallest absolute Gasteiger partial charge is 0.406 e. The zero-order valence-electron chi connectivity index (χ0n) is 15.7. The Morgan fingerprint density at radius 2 is 1.86 bits per heavy atom. The van der Waals surface area contributed by atoms with Gasteiger partial charge in [-0.1, -0.05) is 24.3 Å². The molecule has 8 heteroatoms. The van der Waals surface area contributed by atoms with Gasteiger partial charge in [-0.3, -0.25) is 4.79 Å². The maximum absolute atomic E-state index is 13.2. The summed E-state index contributed by atoms with van der Waals surface area (Å²) in [6.45, 7) is 1.40. The number of amides is 1. The summed E-state index contributed by atoms with van der Waals surface area (Å²) in [6, 6.07) is 12.0. The molecular formula is C21H22F4N2O2. The first-order chi connectivity index (χ1) is 13.8. The molecular weight excluding hydrogens is 388 g/mol. The van der Waals surface area contributed by atoms with Crippen molar-refractivity contribution in [3.05, 3.63) is 65.5 Å². The number of likely N-dealkylation sites (tertiary alicyclic amines) is 1. The van der Waals surface area contributed by atoms with Gasteiger partial charge in [0.2, 0.25) is 5.91 Å². The molecule has 0 bridgehead atoms. The van der Waals surface area contributed by atoms with Crippen LogP contribution in [0.4, 0.5) is 17.6 Å². The number of carbonyl (C=O) groups is 1. The van der Waals surface area contributed by atoms with E-state index in [1.165, 1.54) is 30.3 Å². The fraction of sp³-hybridized carbons (Fsp3) is 0.381. The molecule has 0 unspecified atom stereocenters. The van der Waals surface area contributed by atoms with Crippen LogP contribution in [-0.4, -0.2) is 29.8 Å². The average molecular weight is 410 g/mol. The minimum Gasteiger partial charge on any atom is -0.406 e. The number of carbonyl (C=O) groups excluding carboxylic acids is 1. The summed E-state index contributed by atoms with van der Waals surface area (Å²) in [4.78, 5) is 14.0. The predicted octanol–water partition coefficient (Wildman–Crippen LogP) is 4.40. The second-order valence-corrected chi connectivity index (χ2v) is 7.00. The minimum absolute atomic E-state index is 0.00898. The lowest BCUT2D eigenvalue weighted by molar-refractivity contribution is -0.274. The maximum atomic E-state index is 13.2. The normalized spacial score (nSPS) is 17.0. The summed E-state index contributed by atoms with van der Waals surface area (Å²) >= 11 is 0. The zero-order chi connectivity index (χ0) is 20.9. The van der Waals surface area contributed by atoms with Crippen molar-refractivity contribution in [3.8, 4) is 5.75 Å². The summed E-state index contributed by atoms with van der Waals surface area (Å²) < 4.78 is 54.4. The second kappa shape index (κ2) is 9.26. The average Bonchev–Trinajstić information content (AvgIpc) is 2.98. The Morgan fingerprint density at radius 3 is 2.62 bits per heavy atom. The van der Waals surface area contributed by atoms with Crippen LogP contribution >= 0.6 is 0 Å². The van der Waals surface area contributed by atoms with E-state index in [9.17, 15) is 22.4 Å². The molecule has 1 saturated heterocycles. The van der Waals surface area contributed by atoms with Crippen molar-refractivity contribution in [2.75, 3.05) is 6.54 Å². The predicted molar refractivity (Wildman–Crippen MR) is 99.4 cm³/mol. The van der Waals surface area contributed by atoms with Crippen molar-refractivity contribution in [2.24, 2.45) is 0 Å². The van der Waals surface area contributed by atoms with E-state index in [4.69, 9.17) is 0 Å². The van der Waals surface area contributed by atoms with Crippen LogP contribution in [0.25, 0.3) is 0 Å².